The van der Waals surface area contributed by atoms with E-state index in [1.54, 1.807) is 0 Å². The van der Waals surface area contributed by atoms with Crippen LogP contribution in [0.15, 0.2) is 0 Å². The summed E-state index contributed by atoms with van der Waals surface area (Å²) in [5.41, 5.74) is 6.19. The molecule has 3 nitrogen and oxygen atoms in total. The fourth-order valence-electron chi connectivity index (χ4n) is 3.29. The van der Waals surface area contributed by atoms with Gasteiger partial charge in [-0.2, -0.15) is 0 Å². The Morgan fingerprint density at radius 2 is 2.06 bits per heavy atom. The standard InChI is InChI=1S/C14H26N2O/c1-3-14(8-5-9-14)16-13(17)11-6-4-7-12(15)10(11)2/h10-12H,3-9,15H2,1-2H3,(H,16,17). The van der Waals surface area contributed by atoms with Crippen molar-refractivity contribution in [1.82, 2.24) is 5.32 Å². The molecule has 0 aromatic heterocycles. The maximum Gasteiger partial charge on any atom is 0.223 e. The van der Waals surface area contributed by atoms with Gasteiger partial charge in [-0.15, -0.1) is 0 Å². The molecule has 0 heterocycles. The summed E-state index contributed by atoms with van der Waals surface area (Å²) in [6, 6.07) is 0.207. The predicted molar refractivity (Wildman–Crippen MR) is 69.5 cm³/mol. The second kappa shape index (κ2) is 4.97. The van der Waals surface area contributed by atoms with Gasteiger partial charge in [-0.05, 0) is 44.4 Å². The van der Waals surface area contributed by atoms with Crippen molar-refractivity contribution >= 4 is 5.91 Å². The molecule has 3 heteroatoms. The SMILES string of the molecule is CCC1(NC(=O)C2CCCC(N)C2C)CCC1. The highest BCUT2D eigenvalue weighted by Crippen LogP contribution is 2.36. The molecule has 0 radical (unpaired) electrons. The Kier molecular flexibility index (Phi) is 3.76. The van der Waals surface area contributed by atoms with Crippen molar-refractivity contribution in [3.63, 3.8) is 0 Å². The van der Waals surface area contributed by atoms with E-state index in [0.29, 0.717) is 5.92 Å². The fraction of sp³-hybridized carbons (Fsp3) is 0.929. The molecule has 2 rings (SSSR count). The van der Waals surface area contributed by atoms with E-state index in [9.17, 15) is 4.79 Å². The Labute approximate surface area is 105 Å². The van der Waals surface area contributed by atoms with Crippen molar-refractivity contribution in [2.75, 3.05) is 0 Å². The summed E-state index contributed by atoms with van der Waals surface area (Å²) >= 11 is 0. The molecule has 2 fully saturated rings. The molecule has 1 amide bonds. The smallest absolute Gasteiger partial charge is 0.223 e. The Balaban J connectivity index is 1.95. The minimum Gasteiger partial charge on any atom is -0.350 e. The van der Waals surface area contributed by atoms with Crippen LogP contribution in [0.2, 0.25) is 0 Å². The molecule has 17 heavy (non-hydrogen) atoms. The van der Waals surface area contributed by atoms with Crippen molar-refractivity contribution in [2.45, 2.75) is 70.4 Å². The maximum absolute atomic E-state index is 12.4. The van der Waals surface area contributed by atoms with Gasteiger partial charge in [-0.1, -0.05) is 20.3 Å². The highest BCUT2D eigenvalue weighted by Gasteiger charge is 2.40. The fourth-order valence-corrected chi connectivity index (χ4v) is 3.29. The van der Waals surface area contributed by atoms with Crippen LogP contribution in [-0.4, -0.2) is 17.5 Å². The summed E-state index contributed by atoms with van der Waals surface area (Å²) < 4.78 is 0. The molecule has 0 aromatic rings. The summed E-state index contributed by atoms with van der Waals surface area (Å²) in [5, 5.41) is 3.31. The van der Waals surface area contributed by atoms with Crippen LogP contribution in [-0.2, 0) is 4.79 Å². The molecule has 0 bridgehead atoms. The summed E-state index contributed by atoms with van der Waals surface area (Å²) in [5.74, 6) is 0.731. The minimum absolute atomic E-state index is 0.123. The molecule has 2 aliphatic carbocycles. The lowest BCUT2D eigenvalue weighted by Gasteiger charge is -2.44. The van der Waals surface area contributed by atoms with Crippen molar-refractivity contribution in [3.05, 3.63) is 0 Å². The van der Waals surface area contributed by atoms with Crippen LogP contribution in [0.4, 0.5) is 0 Å². The van der Waals surface area contributed by atoms with E-state index < -0.39 is 0 Å². The third kappa shape index (κ3) is 2.49. The first-order valence-electron chi connectivity index (χ1n) is 7.15. The van der Waals surface area contributed by atoms with Gasteiger partial charge >= 0.3 is 0 Å². The predicted octanol–water partition coefficient (Wildman–Crippen LogP) is 2.20. The van der Waals surface area contributed by atoms with Gasteiger partial charge in [0.1, 0.15) is 0 Å². The zero-order chi connectivity index (χ0) is 12.5. The van der Waals surface area contributed by atoms with Crippen molar-refractivity contribution in [2.24, 2.45) is 17.6 Å². The molecule has 2 aliphatic rings. The van der Waals surface area contributed by atoms with Crippen LogP contribution < -0.4 is 11.1 Å². The van der Waals surface area contributed by atoms with Gasteiger partial charge < -0.3 is 11.1 Å². The third-order valence-corrected chi connectivity index (χ3v) is 5.08. The van der Waals surface area contributed by atoms with E-state index in [4.69, 9.17) is 5.73 Å². The lowest BCUT2D eigenvalue weighted by Crippen LogP contribution is -2.56. The van der Waals surface area contributed by atoms with Crippen molar-refractivity contribution in [1.29, 1.82) is 0 Å². The summed E-state index contributed by atoms with van der Waals surface area (Å²) in [7, 11) is 0. The summed E-state index contributed by atoms with van der Waals surface area (Å²) in [4.78, 5) is 12.4. The van der Waals surface area contributed by atoms with Gasteiger partial charge in [0.15, 0.2) is 0 Å². The van der Waals surface area contributed by atoms with Crippen LogP contribution in [0.25, 0.3) is 0 Å². The quantitative estimate of drug-likeness (QED) is 0.792. The largest absolute Gasteiger partial charge is 0.350 e. The number of amides is 1. The van der Waals surface area contributed by atoms with E-state index in [0.717, 1.165) is 38.5 Å². The average Bonchev–Trinajstić information content (AvgIpc) is 2.27. The molecule has 0 spiro atoms. The molecule has 0 saturated heterocycles. The molecule has 3 atom stereocenters. The second-order valence-corrected chi connectivity index (χ2v) is 6.04. The third-order valence-electron chi connectivity index (χ3n) is 5.08. The van der Waals surface area contributed by atoms with Gasteiger partial charge in [0.2, 0.25) is 5.91 Å². The average molecular weight is 238 g/mol. The number of carbonyl (C=O) groups is 1. The van der Waals surface area contributed by atoms with Gasteiger partial charge in [0, 0.05) is 17.5 Å². The topological polar surface area (TPSA) is 55.1 Å². The van der Waals surface area contributed by atoms with Crippen LogP contribution in [0, 0.1) is 11.8 Å². The first-order chi connectivity index (χ1) is 8.08. The van der Waals surface area contributed by atoms with Crippen LogP contribution in [0.3, 0.4) is 0 Å². The van der Waals surface area contributed by atoms with E-state index in [1.807, 2.05) is 0 Å². The molecular formula is C14H26N2O. The number of carbonyl (C=O) groups excluding carboxylic acids is 1. The zero-order valence-corrected chi connectivity index (χ0v) is 11.2. The van der Waals surface area contributed by atoms with Crippen LogP contribution >= 0.6 is 0 Å². The van der Waals surface area contributed by atoms with E-state index in [2.05, 4.69) is 19.2 Å². The highest BCUT2D eigenvalue weighted by molar-refractivity contribution is 5.80. The number of rotatable bonds is 3. The minimum atomic E-state index is 0.123. The van der Waals surface area contributed by atoms with Crippen LogP contribution in [0.5, 0.6) is 0 Å². The number of hydrogen-bond donors (Lipinski definition) is 2. The number of nitrogens with two attached hydrogens (primary N) is 1. The van der Waals surface area contributed by atoms with Gasteiger partial charge in [-0.25, -0.2) is 0 Å². The highest BCUT2D eigenvalue weighted by atomic mass is 16.2. The summed E-state index contributed by atoms with van der Waals surface area (Å²) in [6.45, 7) is 4.31. The Bertz CT molecular complexity index is 280. The molecule has 98 valence electrons. The van der Waals surface area contributed by atoms with E-state index in [-0.39, 0.29) is 23.4 Å². The zero-order valence-electron chi connectivity index (χ0n) is 11.2. The molecular weight excluding hydrogens is 212 g/mol. The molecule has 3 unspecified atom stereocenters. The monoisotopic (exact) mass is 238 g/mol. The Hall–Kier alpha value is -0.570. The Morgan fingerprint density at radius 1 is 1.35 bits per heavy atom. The number of nitrogens with one attached hydrogen (secondary N) is 1. The molecule has 0 aromatic carbocycles. The second-order valence-electron chi connectivity index (χ2n) is 6.04. The molecule has 3 N–H and O–H groups in total. The van der Waals surface area contributed by atoms with Crippen LogP contribution in [0.1, 0.15) is 58.8 Å². The van der Waals surface area contributed by atoms with Gasteiger partial charge in [0.25, 0.3) is 0 Å². The molecule has 0 aliphatic heterocycles. The molecule has 2 saturated carbocycles. The van der Waals surface area contributed by atoms with Crippen molar-refractivity contribution in [3.8, 4) is 0 Å². The number of hydrogen-bond acceptors (Lipinski definition) is 2. The van der Waals surface area contributed by atoms with E-state index >= 15 is 0 Å². The summed E-state index contributed by atoms with van der Waals surface area (Å²) in [6.07, 6.45) is 7.82. The Morgan fingerprint density at radius 3 is 2.59 bits per heavy atom. The lowest BCUT2D eigenvalue weighted by atomic mass is 9.72. The van der Waals surface area contributed by atoms with Gasteiger partial charge in [-0.3, -0.25) is 4.79 Å². The first-order valence-corrected chi connectivity index (χ1v) is 7.15. The first kappa shape index (κ1) is 12.9. The van der Waals surface area contributed by atoms with E-state index in [1.165, 1.54) is 6.42 Å². The normalized spacial score (nSPS) is 36.1. The lowest BCUT2D eigenvalue weighted by molar-refractivity contribution is -0.131. The maximum atomic E-state index is 12.4. The van der Waals surface area contributed by atoms with Gasteiger partial charge in [0.05, 0.1) is 0 Å². The van der Waals surface area contributed by atoms with Crippen molar-refractivity contribution < 1.29 is 4.79 Å².